The van der Waals surface area contributed by atoms with Crippen molar-refractivity contribution in [2.75, 3.05) is 64.3 Å². The average Bonchev–Trinajstić information content (AvgIpc) is 3.25. The van der Waals surface area contributed by atoms with Gasteiger partial charge in [-0.3, -0.25) is 4.79 Å². The first kappa shape index (κ1) is 29.4. The standard InChI is InChI=1S/C32H38N4O6/c1-20(2)36(39)14-16-40-15-13-33-30(37)21-7-10-24-27(17-21)32(42-31(24)38)25-11-8-22(34(3)4)18-28(25)41-29-19-23(35(5)6)9-12-26(29)32/h7-12,17-20,39H,13-16H2,1-6H3,(H,33,37). The van der Waals surface area contributed by atoms with Crippen LogP contribution in [0.5, 0.6) is 11.5 Å². The minimum atomic E-state index is -1.28. The molecule has 0 saturated heterocycles. The third-order valence-corrected chi connectivity index (χ3v) is 7.66. The van der Waals surface area contributed by atoms with Crippen LogP contribution in [0.4, 0.5) is 11.4 Å². The lowest BCUT2D eigenvalue weighted by atomic mass is 9.77. The summed E-state index contributed by atoms with van der Waals surface area (Å²) in [6.07, 6.45) is 0. The smallest absolute Gasteiger partial charge is 0.340 e. The summed E-state index contributed by atoms with van der Waals surface area (Å²) < 4.78 is 18.3. The fourth-order valence-electron chi connectivity index (χ4n) is 5.25. The number of nitrogens with zero attached hydrogens (tertiary/aromatic N) is 3. The van der Waals surface area contributed by atoms with Crippen molar-refractivity contribution in [1.82, 2.24) is 10.4 Å². The third kappa shape index (κ3) is 5.29. The van der Waals surface area contributed by atoms with Crippen molar-refractivity contribution in [3.63, 3.8) is 0 Å². The molecule has 0 aliphatic carbocycles. The number of hydrogen-bond acceptors (Lipinski definition) is 9. The number of carbonyl (C=O) groups excluding carboxylic acids is 2. The van der Waals surface area contributed by atoms with Gasteiger partial charge in [0.15, 0.2) is 5.60 Å². The number of anilines is 2. The molecule has 5 rings (SSSR count). The molecule has 0 unspecified atom stereocenters. The summed E-state index contributed by atoms with van der Waals surface area (Å²) in [5.41, 5.74) is 3.37. The van der Waals surface area contributed by atoms with Crippen molar-refractivity contribution in [2.45, 2.75) is 25.5 Å². The Balaban J connectivity index is 1.48. The van der Waals surface area contributed by atoms with Crippen molar-refractivity contribution >= 4 is 23.3 Å². The van der Waals surface area contributed by atoms with Crippen molar-refractivity contribution < 1.29 is 29.0 Å². The summed E-state index contributed by atoms with van der Waals surface area (Å²) in [5, 5.41) is 13.8. The zero-order chi connectivity index (χ0) is 30.2. The van der Waals surface area contributed by atoms with Gasteiger partial charge in [0.25, 0.3) is 5.91 Å². The summed E-state index contributed by atoms with van der Waals surface area (Å²) in [7, 11) is 7.80. The molecule has 2 N–H and O–H groups in total. The minimum Gasteiger partial charge on any atom is -0.456 e. The maximum absolute atomic E-state index is 13.3. The Morgan fingerprint density at radius 1 is 0.905 bits per heavy atom. The Hall–Kier alpha value is -4.12. The topological polar surface area (TPSA) is 104 Å². The summed E-state index contributed by atoms with van der Waals surface area (Å²) in [5.74, 6) is 0.407. The molecule has 2 heterocycles. The second kappa shape index (κ2) is 11.6. The first-order valence-corrected chi connectivity index (χ1v) is 14.0. The third-order valence-electron chi connectivity index (χ3n) is 7.66. The van der Waals surface area contributed by atoms with Crippen molar-refractivity contribution in [3.05, 3.63) is 82.4 Å². The average molecular weight is 575 g/mol. The second-order valence-electron chi connectivity index (χ2n) is 11.2. The number of ether oxygens (including phenoxy) is 3. The zero-order valence-electron chi connectivity index (χ0n) is 24.9. The predicted octanol–water partition coefficient (Wildman–Crippen LogP) is 4.23. The van der Waals surface area contributed by atoms with Crippen LogP contribution in [0, 0.1) is 0 Å². The molecular formula is C32H38N4O6. The Bertz CT molecular complexity index is 1440. The van der Waals surface area contributed by atoms with E-state index in [-0.39, 0.29) is 11.9 Å². The number of benzene rings is 3. The van der Waals surface area contributed by atoms with E-state index >= 15 is 0 Å². The van der Waals surface area contributed by atoms with E-state index in [2.05, 4.69) is 5.32 Å². The molecule has 3 aromatic rings. The normalized spacial score (nSPS) is 14.3. The van der Waals surface area contributed by atoms with Gasteiger partial charge in [-0.05, 0) is 56.3 Å². The number of hydrogen-bond donors (Lipinski definition) is 2. The first-order chi connectivity index (χ1) is 20.0. The van der Waals surface area contributed by atoms with E-state index < -0.39 is 11.6 Å². The molecular weight excluding hydrogens is 536 g/mol. The van der Waals surface area contributed by atoms with E-state index in [9.17, 15) is 14.8 Å². The summed E-state index contributed by atoms with van der Waals surface area (Å²) in [4.78, 5) is 30.5. The Morgan fingerprint density at radius 2 is 1.52 bits per heavy atom. The molecule has 10 heteroatoms. The zero-order valence-corrected chi connectivity index (χ0v) is 24.9. The maximum Gasteiger partial charge on any atom is 0.340 e. The van der Waals surface area contributed by atoms with Gasteiger partial charge in [-0.1, -0.05) is 0 Å². The molecule has 10 nitrogen and oxygen atoms in total. The molecule has 0 bridgehead atoms. The van der Waals surface area contributed by atoms with Crippen molar-refractivity contribution in [2.24, 2.45) is 0 Å². The molecule has 42 heavy (non-hydrogen) atoms. The van der Waals surface area contributed by atoms with Crippen LogP contribution in [0.2, 0.25) is 0 Å². The molecule has 1 spiro atoms. The highest BCUT2D eigenvalue weighted by Gasteiger charge is 2.54. The Kier molecular flexibility index (Phi) is 8.14. The van der Waals surface area contributed by atoms with Crippen LogP contribution in [-0.2, 0) is 15.1 Å². The molecule has 3 aromatic carbocycles. The Labute approximate surface area is 246 Å². The van der Waals surface area contributed by atoms with Crippen LogP contribution < -0.4 is 19.9 Å². The van der Waals surface area contributed by atoms with Crippen LogP contribution in [-0.4, -0.2) is 82.7 Å². The number of amides is 1. The lowest BCUT2D eigenvalue weighted by molar-refractivity contribution is -0.127. The summed E-state index contributed by atoms with van der Waals surface area (Å²) in [6.45, 7) is 5.10. The predicted molar refractivity (Wildman–Crippen MR) is 160 cm³/mol. The van der Waals surface area contributed by atoms with E-state index in [1.807, 2.05) is 88.2 Å². The number of rotatable bonds is 10. The molecule has 222 valence electrons. The van der Waals surface area contributed by atoms with Crippen LogP contribution in [0.15, 0.2) is 54.6 Å². The minimum absolute atomic E-state index is 0.00647. The SMILES string of the molecule is CC(C)N(O)CCOCCNC(=O)c1ccc2c(c1)C1(OC2=O)c2ccc(N(C)C)cc2Oc2cc(N(C)C)ccc21. The van der Waals surface area contributed by atoms with E-state index in [4.69, 9.17) is 14.2 Å². The van der Waals surface area contributed by atoms with Gasteiger partial charge in [0.2, 0.25) is 0 Å². The van der Waals surface area contributed by atoms with Gasteiger partial charge in [0.1, 0.15) is 11.5 Å². The van der Waals surface area contributed by atoms with Gasteiger partial charge in [-0.25, -0.2) is 4.79 Å². The van der Waals surface area contributed by atoms with Crippen molar-refractivity contribution in [1.29, 1.82) is 0 Å². The first-order valence-electron chi connectivity index (χ1n) is 14.0. The molecule has 2 aliphatic rings. The van der Waals surface area contributed by atoms with Gasteiger partial charge < -0.3 is 34.5 Å². The molecule has 1 amide bonds. The second-order valence-corrected chi connectivity index (χ2v) is 11.2. The van der Waals surface area contributed by atoms with Gasteiger partial charge in [0, 0.05) is 93.1 Å². The number of esters is 1. The van der Waals surface area contributed by atoms with E-state index in [0.29, 0.717) is 65.6 Å². The lowest BCUT2D eigenvalue weighted by Crippen LogP contribution is -2.34. The Morgan fingerprint density at radius 3 is 2.10 bits per heavy atom. The number of carbonyl (C=O) groups is 2. The van der Waals surface area contributed by atoms with Crippen molar-refractivity contribution in [3.8, 4) is 11.5 Å². The van der Waals surface area contributed by atoms with E-state index in [1.165, 1.54) is 5.06 Å². The highest BCUT2D eigenvalue weighted by atomic mass is 16.6. The molecule has 0 atom stereocenters. The number of nitrogens with one attached hydrogen (secondary N) is 1. The van der Waals surface area contributed by atoms with E-state index in [0.717, 1.165) is 11.4 Å². The monoisotopic (exact) mass is 574 g/mol. The van der Waals surface area contributed by atoms with Crippen LogP contribution in [0.1, 0.15) is 51.3 Å². The number of fused-ring (bicyclic) bond motifs is 6. The highest BCUT2D eigenvalue weighted by Crippen LogP contribution is 2.57. The largest absolute Gasteiger partial charge is 0.456 e. The van der Waals surface area contributed by atoms with E-state index in [1.54, 1.807) is 18.2 Å². The number of hydroxylamine groups is 2. The van der Waals surface area contributed by atoms with Crippen LogP contribution >= 0.6 is 0 Å². The fraction of sp³-hybridized carbons (Fsp3) is 0.375. The molecule has 2 aliphatic heterocycles. The summed E-state index contributed by atoms with van der Waals surface area (Å²) in [6, 6.07) is 16.7. The van der Waals surface area contributed by atoms with Crippen LogP contribution in [0.3, 0.4) is 0 Å². The van der Waals surface area contributed by atoms with Gasteiger partial charge in [0.05, 0.1) is 18.8 Å². The van der Waals surface area contributed by atoms with Crippen LogP contribution in [0.25, 0.3) is 0 Å². The molecule has 0 aromatic heterocycles. The highest BCUT2D eigenvalue weighted by molar-refractivity contribution is 6.00. The molecule has 0 fully saturated rings. The lowest BCUT2D eigenvalue weighted by Gasteiger charge is -2.37. The van der Waals surface area contributed by atoms with Gasteiger partial charge in [-0.2, -0.15) is 5.06 Å². The molecule has 0 radical (unpaired) electrons. The van der Waals surface area contributed by atoms with Gasteiger partial charge >= 0.3 is 5.97 Å². The quantitative estimate of drug-likeness (QED) is 0.209. The summed E-state index contributed by atoms with van der Waals surface area (Å²) >= 11 is 0. The maximum atomic E-state index is 13.3. The van der Waals surface area contributed by atoms with Gasteiger partial charge in [-0.15, -0.1) is 0 Å². The fourth-order valence-corrected chi connectivity index (χ4v) is 5.25. The molecule has 0 saturated carbocycles.